The van der Waals surface area contributed by atoms with Crippen molar-refractivity contribution >= 4 is 17.5 Å². The SMILES string of the molecule is COc1cc(CNCCCn2ccnc2)cc(Cl)c1OCC(N)=O. The van der Waals surface area contributed by atoms with Gasteiger partial charge >= 0.3 is 0 Å². The summed E-state index contributed by atoms with van der Waals surface area (Å²) in [6.45, 7) is 2.17. The van der Waals surface area contributed by atoms with Crippen LogP contribution in [0.15, 0.2) is 30.9 Å². The summed E-state index contributed by atoms with van der Waals surface area (Å²) in [5.74, 6) is 0.220. The molecule has 7 nitrogen and oxygen atoms in total. The highest BCUT2D eigenvalue weighted by Gasteiger charge is 2.13. The van der Waals surface area contributed by atoms with Crippen molar-refractivity contribution in [3.05, 3.63) is 41.4 Å². The lowest BCUT2D eigenvalue weighted by Crippen LogP contribution is -2.20. The Bertz CT molecular complexity index is 662. The van der Waals surface area contributed by atoms with Gasteiger partial charge in [0.2, 0.25) is 0 Å². The molecule has 1 aromatic carbocycles. The summed E-state index contributed by atoms with van der Waals surface area (Å²) in [5.41, 5.74) is 6.04. The Kier molecular flexibility index (Phi) is 6.89. The summed E-state index contributed by atoms with van der Waals surface area (Å²) < 4.78 is 12.6. The summed E-state index contributed by atoms with van der Waals surface area (Å²) in [5, 5.41) is 3.73. The first kappa shape index (κ1) is 18.1. The van der Waals surface area contributed by atoms with Crippen LogP contribution >= 0.6 is 11.6 Å². The molecule has 130 valence electrons. The largest absolute Gasteiger partial charge is 0.493 e. The van der Waals surface area contributed by atoms with E-state index in [1.165, 1.54) is 7.11 Å². The first-order valence-electron chi connectivity index (χ1n) is 7.54. The number of nitrogens with one attached hydrogen (secondary N) is 1. The summed E-state index contributed by atoms with van der Waals surface area (Å²) in [7, 11) is 1.52. The van der Waals surface area contributed by atoms with Crippen molar-refractivity contribution in [2.45, 2.75) is 19.5 Å². The number of methoxy groups -OCH3 is 1. The van der Waals surface area contributed by atoms with Gasteiger partial charge in [-0.3, -0.25) is 4.79 Å². The summed E-state index contributed by atoms with van der Waals surface area (Å²) in [6, 6.07) is 3.61. The van der Waals surface area contributed by atoms with Crippen LogP contribution in [0.1, 0.15) is 12.0 Å². The molecule has 0 saturated heterocycles. The standard InChI is InChI=1S/C16H21ClN4O3/c1-23-14-8-12(7-13(17)16(14)24-10-15(18)22)9-19-3-2-5-21-6-4-20-11-21/h4,6-8,11,19H,2-3,5,9-10H2,1H3,(H2,18,22). The molecule has 2 rings (SSSR count). The normalized spacial score (nSPS) is 10.6. The minimum atomic E-state index is -0.572. The molecule has 0 radical (unpaired) electrons. The van der Waals surface area contributed by atoms with E-state index in [2.05, 4.69) is 10.3 Å². The van der Waals surface area contributed by atoms with Gasteiger partial charge in [-0.1, -0.05) is 11.6 Å². The average Bonchev–Trinajstić information content (AvgIpc) is 3.06. The molecule has 1 aromatic heterocycles. The van der Waals surface area contributed by atoms with Gasteiger partial charge in [0.1, 0.15) is 0 Å². The maximum absolute atomic E-state index is 10.8. The van der Waals surface area contributed by atoms with E-state index in [1.807, 2.05) is 16.8 Å². The molecule has 0 bridgehead atoms. The van der Waals surface area contributed by atoms with Crippen molar-refractivity contribution in [3.63, 3.8) is 0 Å². The Labute approximate surface area is 145 Å². The van der Waals surface area contributed by atoms with Crippen molar-refractivity contribution in [1.29, 1.82) is 0 Å². The zero-order valence-electron chi connectivity index (χ0n) is 13.5. The van der Waals surface area contributed by atoms with E-state index in [0.717, 1.165) is 25.1 Å². The third-order valence-electron chi connectivity index (χ3n) is 3.31. The van der Waals surface area contributed by atoms with Crippen LogP contribution in [0, 0.1) is 0 Å². The number of nitrogens with zero attached hydrogens (tertiary/aromatic N) is 2. The fourth-order valence-corrected chi connectivity index (χ4v) is 2.48. The molecule has 0 atom stereocenters. The molecule has 1 amide bonds. The van der Waals surface area contributed by atoms with Gasteiger partial charge in [0.15, 0.2) is 18.1 Å². The maximum Gasteiger partial charge on any atom is 0.255 e. The number of ether oxygens (including phenoxy) is 2. The number of amides is 1. The molecule has 8 heteroatoms. The van der Waals surface area contributed by atoms with Gasteiger partial charge in [0.25, 0.3) is 5.91 Å². The molecule has 1 heterocycles. The first-order chi connectivity index (χ1) is 11.6. The lowest BCUT2D eigenvalue weighted by molar-refractivity contribution is -0.119. The number of hydrogen-bond donors (Lipinski definition) is 2. The van der Waals surface area contributed by atoms with E-state index >= 15 is 0 Å². The van der Waals surface area contributed by atoms with Crippen molar-refractivity contribution in [2.75, 3.05) is 20.3 Å². The number of halogens is 1. The number of nitrogens with two attached hydrogens (primary N) is 1. The first-order valence-corrected chi connectivity index (χ1v) is 7.92. The maximum atomic E-state index is 10.8. The van der Waals surface area contributed by atoms with Gasteiger partial charge in [-0.05, 0) is 30.7 Å². The highest BCUT2D eigenvalue weighted by atomic mass is 35.5. The zero-order chi connectivity index (χ0) is 17.4. The van der Waals surface area contributed by atoms with Crippen LogP contribution < -0.4 is 20.5 Å². The third-order valence-corrected chi connectivity index (χ3v) is 3.59. The van der Waals surface area contributed by atoms with Crippen molar-refractivity contribution in [1.82, 2.24) is 14.9 Å². The second kappa shape index (κ2) is 9.14. The lowest BCUT2D eigenvalue weighted by Gasteiger charge is -2.14. The van der Waals surface area contributed by atoms with Gasteiger partial charge in [-0.25, -0.2) is 4.98 Å². The number of primary amides is 1. The smallest absolute Gasteiger partial charge is 0.255 e. The van der Waals surface area contributed by atoms with Crippen molar-refractivity contribution < 1.29 is 14.3 Å². The number of aryl methyl sites for hydroxylation is 1. The quantitative estimate of drug-likeness (QED) is 0.633. The fraction of sp³-hybridized carbons (Fsp3) is 0.375. The molecule has 0 saturated carbocycles. The Morgan fingerprint density at radius 2 is 2.29 bits per heavy atom. The van der Waals surface area contributed by atoms with Crippen LogP contribution in [0.3, 0.4) is 0 Å². The highest BCUT2D eigenvalue weighted by Crippen LogP contribution is 2.36. The summed E-state index contributed by atoms with van der Waals surface area (Å²) in [6.07, 6.45) is 6.50. The van der Waals surface area contributed by atoms with E-state index in [1.54, 1.807) is 18.6 Å². The second-order valence-corrected chi connectivity index (χ2v) is 5.60. The van der Waals surface area contributed by atoms with E-state index in [4.69, 9.17) is 26.8 Å². The van der Waals surface area contributed by atoms with E-state index in [0.29, 0.717) is 23.1 Å². The molecule has 3 N–H and O–H groups in total. The van der Waals surface area contributed by atoms with Crippen molar-refractivity contribution in [2.24, 2.45) is 5.73 Å². The number of hydrogen-bond acceptors (Lipinski definition) is 5. The lowest BCUT2D eigenvalue weighted by atomic mass is 10.2. The van der Waals surface area contributed by atoms with Crippen molar-refractivity contribution in [3.8, 4) is 11.5 Å². The number of carbonyl (C=O) groups is 1. The monoisotopic (exact) mass is 352 g/mol. The van der Waals surface area contributed by atoms with Crippen LogP contribution in [0.4, 0.5) is 0 Å². The molecule has 2 aromatic rings. The number of rotatable bonds is 10. The summed E-state index contributed by atoms with van der Waals surface area (Å²) >= 11 is 6.21. The van der Waals surface area contributed by atoms with Gasteiger partial charge < -0.3 is 25.1 Å². The number of aromatic nitrogens is 2. The fourth-order valence-electron chi connectivity index (χ4n) is 2.20. The van der Waals surface area contributed by atoms with Crippen LogP contribution in [0.5, 0.6) is 11.5 Å². The minimum absolute atomic E-state index is 0.248. The van der Waals surface area contributed by atoms with Gasteiger partial charge in [0, 0.05) is 25.5 Å². The molecule has 0 aliphatic carbocycles. The second-order valence-electron chi connectivity index (χ2n) is 5.19. The Balaban J connectivity index is 1.86. The topological polar surface area (TPSA) is 91.4 Å². The van der Waals surface area contributed by atoms with Crippen LogP contribution in [-0.2, 0) is 17.9 Å². The van der Waals surface area contributed by atoms with Crippen LogP contribution in [0.2, 0.25) is 5.02 Å². The number of benzene rings is 1. The molecule has 0 aliphatic heterocycles. The zero-order valence-corrected chi connectivity index (χ0v) is 14.3. The Morgan fingerprint density at radius 3 is 2.96 bits per heavy atom. The molecular weight excluding hydrogens is 332 g/mol. The minimum Gasteiger partial charge on any atom is -0.493 e. The summed E-state index contributed by atoms with van der Waals surface area (Å²) in [4.78, 5) is 14.8. The van der Waals surface area contributed by atoms with Gasteiger partial charge in [-0.2, -0.15) is 0 Å². The number of imidazole rings is 1. The third kappa shape index (κ3) is 5.43. The van der Waals surface area contributed by atoms with E-state index < -0.39 is 5.91 Å². The van der Waals surface area contributed by atoms with E-state index in [-0.39, 0.29) is 6.61 Å². The Hall–Kier alpha value is -2.25. The predicted molar refractivity (Wildman–Crippen MR) is 91.2 cm³/mol. The molecular formula is C16H21ClN4O3. The number of carbonyl (C=O) groups excluding carboxylic acids is 1. The Morgan fingerprint density at radius 1 is 1.46 bits per heavy atom. The van der Waals surface area contributed by atoms with Crippen LogP contribution in [0.25, 0.3) is 0 Å². The van der Waals surface area contributed by atoms with Crippen LogP contribution in [-0.4, -0.2) is 35.7 Å². The van der Waals surface area contributed by atoms with Gasteiger partial charge in [-0.15, -0.1) is 0 Å². The van der Waals surface area contributed by atoms with E-state index in [9.17, 15) is 4.79 Å². The highest BCUT2D eigenvalue weighted by molar-refractivity contribution is 6.32. The van der Waals surface area contributed by atoms with Gasteiger partial charge in [0.05, 0.1) is 18.5 Å². The molecule has 0 spiro atoms. The molecule has 0 fully saturated rings. The predicted octanol–water partition coefficient (Wildman–Crippen LogP) is 1.59. The molecule has 0 aliphatic rings. The average molecular weight is 353 g/mol. The molecule has 24 heavy (non-hydrogen) atoms. The molecule has 0 unspecified atom stereocenters.